The molecule has 1 atom stereocenters. The van der Waals surface area contributed by atoms with Crippen LogP contribution in [0.1, 0.15) is 49.6 Å². The molecule has 1 fully saturated rings. The van der Waals surface area contributed by atoms with Gasteiger partial charge >= 0.3 is 0 Å². The molecule has 0 aromatic carbocycles. The average molecular weight is 294 g/mol. The van der Waals surface area contributed by atoms with E-state index >= 15 is 0 Å². The summed E-state index contributed by atoms with van der Waals surface area (Å²) >= 11 is 0. The summed E-state index contributed by atoms with van der Waals surface area (Å²) in [6, 6.07) is 1.80. The van der Waals surface area contributed by atoms with Gasteiger partial charge in [0.05, 0.1) is 11.1 Å². The Morgan fingerprint density at radius 1 is 1.62 bits per heavy atom. The van der Waals surface area contributed by atoms with Gasteiger partial charge in [-0.1, -0.05) is 0 Å². The fourth-order valence-corrected chi connectivity index (χ4v) is 2.63. The maximum absolute atomic E-state index is 12.2. The Bertz CT molecular complexity index is 518. The highest BCUT2D eigenvalue weighted by Crippen LogP contribution is 2.20. The molecule has 2 heterocycles. The quantitative estimate of drug-likeness (QED) is 0.619. The van der Waals surface area contributed by atoms with Crippen LogP contribution in [0.15, 0.2) is 12.3 Å². The van der Waals surface area contributed by atoms with E-state index in [1.165, 1.54) is 18.7 Å². The van der Waals surface area contributed by atoms with Crippen molar-refractivity contribution in [2.75, 3.05) is 13.1 Å². The van der Waals surface area contributed by atoms with Crippen molar-refractivity contribution in [1.82, 2.24) is 15.2 Å². The van der Waals surface area contributed by atoms with E-state index in [0.717, 1.165) is 19.4 Å². The molecule has 1 aromatic heterocycles. The Hall–Kier alpha value is -1.89. The molecule has 0 radical (unpaired) electrons. The predicted molar refractivity (Wildman–Crippen MR) is 79.4 cm³/mol. The van der Waals surface area contributed by atoms with Crippen LogP contribution in [0.25, 0.3) is 0 Å². The van der Waals surface area contributed by atoms with Gasteiger partial charge in [0.1, 0.15) is 5.69 Å². The molecular formula is C14H22N4O3. The Balaban J connectivity index is 1.98. The highest BCUT2D eigenvalue weighted by Gasteiger charge is 2.21. The van der Waals surface area contributed by atoms with E-state index in [0.29, 0.717) is 18.3 Å². The van der Waals surface area contributed by atoms with E-state index < -0.39 is 4.92 Å². The van der Waals surface area contributed by atoms with Gasteiger partial charge < -0.3 is 15.2 Å². The monoisotopic (exact) mass is 294 g/mol. The van der Waals surface area contributed by atoms with Gasteiger partial charge in [0.2, 0.25) is 0 Å². The van der Waals surface area contributed by atoms with Crippen LogP contribution in [0.3, 0.4) is 0 Å². The molecule has 7 heteroatoms. The number of hydrogen-bond acceptors (Lipinski definition) is 4. The highest BCUT2D eigenvalue weighted by atomic mass is 16.6. The van der Waals surface area contributed by atoms with Crippen molar-refractivity contribution in [1.29, 1.82) is 0 Å². The maximum Gasteiger partial charge on any atom is 0.287 e. The third-order valence-electron chi connectivity index (χ3n) is 3.77. The van der Waals surface area contributed by atoms with Crippen LogP contribution in [0.4, 0.5) is 5.69 Å². The van der Waals surface area contributed by atoms with Crippen LogP contribution >= 0.6 is 0 Å². The standard InChI is InChI=1S/C14H22N4O3/c1-10(2)17-9-12(18(20)21)8-13(17)14(19)16-7-5-11-4-3-6-15-11/h8-11,15H,3-7H2,1-2H3,(H,16,19)/t11-/m1/s1. The summed E-state index contributed by atoms with van der Waals surface area (Å²) in [6.45, 7) is 5.40. The van der Waals surface area contributed by atoms with E-state index in [4.69, 9.17) is 0 Å². The zero-order valence-corrected chi connectivity index (χ0v) is 12.5. The molecule has 1 saturated heterocycles. The first-order valence-electron chi connectivity index (χ1n) is 7.37. The van der Waals surface area contributed by atoms with Gasteiger partial charge in [0.25, 0.3) is 11.6 Å². The number of amides is 1. The molecule has 2 rings (SSSR count). The van der Waals surface area contributed by atoms with Crippen molar-refractivity contribution in [2.24, 2.45) is 0 Å². The lowest BCUT2D eigenvalue weighted by molar-refractivity contribution is -0.384. The fraction of sp³-hybridized carbons (Fsp3) is 0.643. The summed E-state index contributed by atoms with van der Waals surface area (Å²) in [4.78, 5) is 22.6. The molecule has 0 unspecified atom stereocenters. The van der Waals surface area contributed by atoms with Crippen LogP contribution < -0.4 is 10.6 Å². The summed E-state index contributed by atoms with van der Waals surface area (Å²) in [5.41, 5.74) is 0.294. The lowest BCUT2D eigenvalue weighted by Crippen LogP contribution is -2.31. The summed E-state index contributed by atoms with van der Waals surface area (Å²) in [7, 11) is 0. The van der Waals surface area contributed by atoms with Crippen molar-refractivity contribution in [3.05, 3.63) is 28.1 Å². The van der Waals surface area contributed by atoms with Crippen molar-refractivity contribution in [3.8, 4) is 0 Å². The highest BCUT2D eigenvalue weighted by molar-refractivity contribution is 5.93. The molecule has 7 nitrogen and oxygen atoms in total. The molecule has 0 aliphatic carbocycles. The predicted octanol–water partition coefficient (Wildman–Crippen LogP) is 1.85. The van der Waals surface area contributed by atoms with Crippen LogP contribution in [0.5, 0.6) is 0 Å². The minimum atomic E-state index is -0.474. The number of carbonyl (C=O) groups excluding carboxylic acids is 1. The normalized spacial score (nSPS) is 18.1. The third kappa shape index (κ3) is 3.81. The molecule has 116 valence electrons. The van der Waals surface area contributed by atoms with E-state index in [2.05, 4.69) is 10.6 Å². The van der Waals surface area contributed by atoms with E-state index in [1.807, 2.05) is 13.8 Å². The Morgan fingerprint density at radius 3 is 2.95 bits per heavy atom. The van der Waals surface area contributed by atoms with E-state index in [9.17, 15) is 14.9 Å². The SMILES string of the molecule is CC(C)n1cc([N+](=O)[O-])cc1C(=O)NCC[C@H]1CCCN1. The second-order valence-corrected chi connectivity index (χ2v) is 5.68. The lowest BCUT2D eigenvalue weighted by Gasteiger charge is -2.13. The summed E-state index contributed by atoms with van der Waals surface area (Å²) in [6.07, 6.45) is 4.62. The first-order chi connectivity index (χ1) is 9.99. The first kappa shape index (κ1) is 15.5. The Labute approximate surface area is 123 Å². The van der Waals surface area contributed by atoms with Crippen molar-refractivity contribution in [2.45, 2.75) is 45.2 Å². The largest absolute Gasteiger partial charge is 0.351 e. The molecule has 1 aliphatic heterocycles. The van der Waals surface area contributed by atoms with Gasteiger partial charge in [-0.3, -0.25) is 14.9 Å². The second kappa shape index (κ2) is 6.71. The summed E-state index contributed by atoms with van der Waals surface area (Å²) in [5, 5.41) is 17.1. The smallest absolute Gasteiger partial charge is 0.287 e. The zero-order valence-electron chi connectivity index (χ0n) is 12.5. The third-order valence-corrected chi connectivity index (χ3v) is 3.77. The second-order valence-electron chi connectivity index (χ2n) is 5.68. The van der Waals surface area contributed by atoms with Gasteiger partial charge in [-0.05, 0) is 39.7 Å². The minimum absolute atomic E-state index is 0.00375. The first-order valence-corrected chi connectivity index (χ1v) is 7.37. The number of nitro groups is 1. The van der Waals surface area contributed by atoms with Gasteiger partial charge in [-0.15, -0.1) is 0 Å². The Morgan fingerprint density at radius 2 is 2.38 bits per heavy atom. The molecule has 21 heavy (non-hydrogen) atoms. The number of nitrogens with zero attached hydrogens (tertiary/aromatic N) is 2. The Kier molecular flexibility index (Phi) is 4.95. The zero-order chi connectivity index (χ0) is 15.4. The topological polar surface area (TPSA) is 89.2 Å². The van der Waals surface area contributed by atoms with Gasteiger partial charge in [-0.2, -0.15) is 0 Å². The van der Waals surface area contributed by atoms with E-state index in [-0.39, 0.29) is 17.6 Å². The van der Waals surface area contributed by atoms with Gasteiger partial charge in [0.15, 0.2) is 0 Å². The lowest BCUT2D eigenvalue weighted by atomic mass is 10.1. The summed E-state index contributed by atoms with van der Waals surface area (Å²) in [5.74, 6) is -0.255. The van der Waals surface area contributed by atoms with Crippen molar-refractivity contribution < 1.29 is 9.72 Å². The van der Waals surface area contributed by atoms with Crippen LogP contribution in [0.2, 0.25) is 0 Å². The maximum atomic E-state index is 12.2. The number of carbonyl (C=O) groups is 1. The molecule has 1 amide bonds. The van der Waals surface area contributed by atoms with E-state index in [1.54, 1.807) is 4.57 Å². The van der Waals surface area contributed by atoms with Crippen LogP contribution in [-0.4, -0.2) is 34.5 Å². The summed E-state index contributed by atoms with van der Waals surface area (Å²) < 4.78 is 1.64. The number of nitrogens with one attached hydrogen (secondary N) is 2. The molecular weight excluding hydrogens is 272 g/mol. The molecule has 1 aromatic rings. The number of aromatic nitrogens is 1. The number of rotatable bonds is 6. The molecule has 0 spiro atoms. The van der Waals surface area contributed by atoms with Crippen molar-refractivity contribution in [3.63, 3.8) is 0 Å². The minimum Gasteiger partial charge on any atom is -0.351 e. The van der Waals surface area contributed by atoms with Gasteiger partial charge in [0, 0.05) is 24.7 Å². The fourth-order valence-electron chi connectivity index (χ4n) is 2.63. The van der Waals surface area contributed by atoms with Crippen LogP contribution in [0, 0.1) is 10.1 Å². The number of hydrogen-bond donors (Lipinski definition) is 2. The molecule has 2 N–H and O–H groups in total. The van der Waals surface area contributed by atoms with Gasteiger partial charge in [-0.25, -0.2) is 0 Å². The molecule has 0 saturated carbocycles. The molecule has 0 bridgehead atoms. The van der Waals surface area contributed by atoms with Crippen molar-refractivity contribution >= 4 is 11.6 Å². The average Bonchev–Trinajstić information content (AvgIpc) is 3.07. The molecule has 1 aliphatic rings. The van der Waals surface area contributed by atoms with Crippen LogP contribution in [-0.2, 0) is 0 Å².